The third-order valence-electron chi connectivity index (χ3n) is 4.42. The van der Waals surface area contributed by atoms with Crippen molar-refractivity contribution in [2.75, 3.05) is 13.1 Å². The summed E-state index contributed by atoms with van der Waals surface area (Å²) in [5, 5.41) is 3.17. The SMILES string of the molecule is CC(C)(C)C(=O)N1CCC[C@@H](C(=O)NC2CCCC2)C1. The van der Waals surface area contributed by atoms with Gasteiger partial charge in [0.2, 0.25) is 11.8 Å². The Labute approximate surface area is 122 Å². The van der Waals surface area contributed by atoms with Gasteiger partial charge in [0, 0.05) is 24.5 Å². The number of hydrogen-bond acceptors (Lipinski definition) is 2. The van der Waals surface area contributed by atoms with E-state index in [0.29, 0.717) is 12.6 Å². The summed E-state index contributed by atoms with van der Waals surface area (Å²) in [5.74, 6) is 0.301. The van der Waals surface area contributed by atoms with Crippen LogP contribution in [0.2, 0.25) is 0 Å². The zero-order valence-corrected chi connectivity index (χ0v) is 13.1. The Bertz CT molecular complexity index is 367. The van der Waals surface area contributed by atoms with Crippen LogP contribution < -0.4 is 5.32 Å². The highest BCUT2D eigenvalue weighted by molar-refractivity contribution is 5.84. The lowest BCUT2D eigenvalue weighted by molar-refractivity contribution is -0.142. The monoisotopic (exact) mass is 280 g/mol. The Balaban J connectivity index is 1.89. The molecule has 2 fully saturated rings. The average Bonchev–Trinajstić information content (AvgIpc) is 2.89. The minimum Gasteiger partial charge on any atom is -0.353 e. The minimum atomic E-state index is -0.357. The van der Waals surface area contributed by atoms with Crippen LogP contribution in [0.1, 0.15) is 59.3 Å². The summed E-state index contributed by atoms with van der Waals surface area (Å²) in [4.78, 5) is 26.5. The summed E-state index contributed by atoms with van der Waals surface area (Å²) >= 11 is 0. The number of nitrogens with zero attached hydrogens (tertiary/aromatic N) is 1. The van der Waals surface area contributed by atoms with Gasteiger partial charge < -0.3 is 10.2 Å². The number of carbonyl (C=O) groups is 2. The van der Waals surface area contributed by atoms with E-state index in [1.54, 1.807) is 0 Å². The van der Waals surface area contributed by atoms with Gasteiger partial charge in [-0.15, -0.1) is 0 Å². The van der Waals surface area contributed by atoms with Crippen LogP contribution in [-0.4, -0.2) is 35.8 Å². The zero-order chi connectivity index (χ0) is 14.8. The molecule has 2 rings (SSSR count). The van der Waals surface area contributed by atoms with E-state index >= 15 is 0 Å². The van der Waals surface area contributed by atoms with Crippen molar-refractivity contribution in [2.24, 2.45) is 11.3 Å². The molecular weight excluding hydrogens is 252 g/mol. The Morgan fingerprint density at radius 1 is 1.05 bits per heavy atom. The van der Waals surface area contributed by atoms with Crippen LogP contribution in [0.15, 0.2) is 0 Å². The van der Waals surface area contributed by atoms with Crippen molar-refractivity contribution in [3.05, 3.63) is 0 Å². The normalized spacial score (nSPS) is 24.8. The van der Waals surface area contributed by atoms with Crippen LogP contribution in [0.3, 0.4) is 0 Å². The molecule has 1 aliphatic heterocycles. The van der Waals surface area contributed by atoms with Gasteiger partial charge in [0.1, 0.15) is 0 Å². The van der Waals surface area contributed by atoms with E-state index in [2.05, 4.69) is 5.32 Å². The second-order valence-corrected chi connectivity index (χ2v) is 7.33. The Morgan fingerprint density at radius 2 is 1.70 bits per heavy atom. The van der Waals surface area contributed by atoms with Gasteiger partial charge in [-0.3, -0.25) is 9.59 Å². The predicted octanol–water partition coefficient (Wildman–Crippen LogP) is 2.33. The van der Waals surface area contributed by atoms with Crippen LogP contribution in [0.25, 0.3) is 0 Å². The summed E-state index contributed by atoms with van der Waals surface area (Å²) in [7, 11) is 0. The number of carbonyl (C=O) groups excluding carboxylic acids is 2. The van der Waals surface area contributed by atoms with Gasteiger partial charge in [-0.1, -0.05) is 33.6 Å². The molecule has 0 bridgehead atoms. The molecule has 1 N–H and O–H groups in total. The molecule has 0 aromatic heterocycles. The first-order chi connectivity index (χ1) is 9.38. The van der Waals surface area contributed by atoms with E-state index in [9.17, 15) is 9.59 Å². The molecule has 1 heterocycles. The molecule has 0 spiro atoms. The topological polar surface area (TPSA) is 49.4 Å². The number of rotatable bonds is 2. The van der Waals surface area contributed by atoms with E-state index in [1.165, 1.54) is 12.8 Å². The van der Waals surface area contributed by atoms with Gasteiger partial charge in [0.05, 0.1) is 5.92 Å². The maximum absolute atomic E-state index is 12.3. The summed E-state index contributed by atoms with van der Waals surface area (Å²) in [5.41, 5.74) is -0.357. The maximum atomic E-state index is 12.3. The molecule has 0 aromatic carbocycles. The molecule has 0 unspecified atom stereocenters. The number of amides is 2. The first kappa shape index (κ1) is 15.3. The van der Waals surface area contributed by atoms with Crippen molar-refractivity contribution in [1.82, 2.24) is 10.2 Å². The number of piperidine rings is 1. The van der Waals surface area contributed by atoms with Crippen molar-refractivity contribution in [2.45, 2.75) is 65.3 Å². The number of hydrogen-bond donors (Lipinski definition) is 1. The smallest absolute Gasteiger partial charge is 0.227 e. The second-order valence-electron chi connectivity index (χ2n) is 7.33. The third kappa shape index (κ3) is 3.74. The zero-order valence-electron chi connectivity index (χ0n) is 13.1. The molecule has 0 radical (unpaired) electrons. The largest absolute Gasteiger partial charge is 0.353 e. The van der Waals surface area contributed by atoms with Crippen LogP contribution in [0, 0.1) is 11.3 Å². The average molecular weight is 280 g/mol. The lowest BCUT2D eigenvalue weighted by Gasteiger charge is -2.36. The van der Waals surface area contributed by atoms with E-state index < -0.39 is 0 Å². The molecule has 4 nitrogen and oxygen atoms in total. The molecule has 1 saturated heterocycles. The van der Waals surface area contributed by atoms with Gasteiger partial charge in [-0.05, 0) is 25.7 Å². The third-order valence-corrected chi connectivity index (χ3v) is 4.42. The van der Waals surface area contributed by atoms with Crippen LogP contribution in [0.5, 0.6) is 0 Å². The minimum absolute atomic E-state index is 0.0179. The summed E-state index contributed by atoms with van der Waals surface area (Å²) in [6.07, 6.45) is 6.53. The molecule has 4 heteroatoms. The number of nitrogens with one attached hydrogen (secondary N) is 1. The summed E-state index contributed by atoms with van der Waals surface area (Å²) < 4.78 is 0. The fourth-order valence-electron chi connectivity index (χ4n) is 3.24. The fraction of sp³-hybridized carbons (Fsp3) is 0.875. The van der Waals surface area contributed by atoms with E-state index in [1.807, 2.05) is 25.7 Å². The van der Waals surface area contributed by atoms with Crippen molar-refractivity contribution in [3.63, 3.8) is 0 Å². The maximum Gasteiger partial charge on any atom is 0.227 e. The van der Waals surface area contributed by atoms with Gasteiger partial charge in [-0.25, -0.2) is 0 Å². The van der Waals surface area contributed by atoms with Gasteiger partial charge in [0.25, 0.3) is 0 Å². The van der Waals surface area contributed by atoms with Crippen molar-refractivity contribution < 1.29 is 9.59 Å². The molecule has 20 heavy (non-hydrogen) atoms. The van der Waals surface area contributed by atoms with Crippen molar-refractivity contribution in [3.8, 4) is 0 Å². The number of likely N-dealkylation sites (tertiary alicyclic amines) is 1. The molecule has 2 amide bonds. The van der Waals surface area contributed by atoms with Crippen molar-refractivity contribution >= 4 is 11.8 Å². The first-order valence-electron chi connectivity index (χ1n) is 7.97. The molecule has 114 valence electrons. The summed E-state index contributed by atoms with van der Waals surface area (Å²) in [6, 6.07) is 0.371. The van der Waals surface area contributed by atoms with Crippen LogP contribution in [0.4, 0.5) is 0 Å². The molecule has 2 aliphatic rings. The molecule has 1 saturated carbocycles. The van der Waals surface area contributed by atoms with E-state index in [0.717, 1.165) is 32.2 Å². The van der Waals surface area contributed by atoms with Gasteiger partial charge in [0.15, 0.2) is 0 Å². The quantitative estimate of drug-likeness (QED) is 0.844. The lowest BCUT2D eigenvalue weighted by atomic mass is 9.91. The Hall–Kier alpha value is -1.06. The molecule has 1 aliphatic carbocycles. The predicted molar refractivity (Wildman–Crippen MR) is 79.2 cm³/mol. The second kappa shape index (κ2) is 6.15. The van der Waals surface area contributed by atoms with E-state index in [4.69, 9.17) is 0 Å². The molecular formula is C16H28N2O2. The Kier molecular flexibility index (Phi) is 4.71. The van der Waals surface area contributed by atoms with Gasteiger partial charge in [-0.2, -0.15) is 0 Å². The van der Waals surface area contributed by atoms with Gasteiger partial charge >= 0.3 is 0 Å². The van der Waals surface area contributed by atoms with E-state index in [-0.39, 0.29) is 23.1 Å². The lowest BCUT2D eigenvalue weighted by Crippen LogP contribution is -2.49. The molecule has 0 aromatic rings. The van der Waals surface area contributed by atoms with Crippen LogP contribution >= 0.6 is 0 Å². The summed E-state index contributed by atoms with van der Waals surface area (Å²) in [6.45, 7) is 7.21. The standard InChI is InChI=1S/C16H28N2O2/c1-16(2,3)15(20)18-10-6-7-12(11-18)14(19)17-13-8-4-5-9-13/h12-13H,4-11H2,1-3H3,(H,17,19)/t12-/m1/s1. The molecule has 1 atom stereocenters. The fourth-order valence-corrected chi connectivity index (χ4v) is 3.24. The van der Waals surface area contributed by atoms with Crippen LogP contribution in [-0.2, 0) is 9.59 Å². The Morgan fingerprint density at radius 3 is 2.30 bits per heavy atom. The first-order valence-corrected chi connectivity index (χ1v) is 7.97. The highest BCUT2D eigenvalue weighted by atomic mass is 16.2. The van der Waals surface area contributed by atoms with Crippen molar-refractivity contribution in [1.29, 1.82) is 0 Å². The highest BCUT2D eigenvalue weighted by Crippen LogP contribution is 2.24. The highest BCUT2D eigenvalue weighted by Gasteiger charge is 2.34.